The van der Waals surface area contributed by atoms with Crippen LogP contribution in [0.2, 0.25) is 0 Å². The summed E-state index contributed by atoms with van der Waals surface area (Å²) >= 11 is 0. The van der Waals surface area contributed by atoms with Crippen LogP contribution in [0, 0.1) is 23.7 Å². The summed E-state index contributed by atoms with van der Waals surface area (Å²) < 4.78 is 0. The molecule has 2 saturated carbocycles. The predicted octanol–water partition coefficient (Wildman–Crippen LogP) is 3.64. The number of hydrogen-bond donors (Lipinski definition) is 1. The van der Waals surface area contributed by atoms with Gasteiger partial charge in [-0.2, -0.15) is 0 Å². The highest BCUT2D eigenvalue weighted by Gasteiger charge is 2.47. The highest BCUT2D eigenvalue weighted by molar-refractivity contribution is 5.30. The van der Waals surface area contributed by atoms with Crippen LogP contribution in [0.4, 0.5) is 0 Å². The van der Waals surface area contributed by atoms with Gasteiger partial charge in [0.15, 0.2) is 0 Å². The molecule has 0 spiro atoms. The number of allylic oxidation sites excluding steroid dienone is 2. The van der Waals surface area contributed by atoms with Crippen LogP contribution in [0.15, 0.2) is 11.1 Å². The van der Waals surface area contributed by atoms with E-state index < -0.39 is 0 Å². The van der Waals surface area contributed by atoms with Crippen LogP contribution in [0.5, 0.6) is 0 Å². The molecule has 0 aromatic carbocycles. The first-order chi connectivity index (χ1) is 8.34. The Labute approximate surface area is 105 Å². The normalized spacial score (nSPS) is 48.9. The van der Waals surface area contributed by atoms with E-state index in [2.05, 4.69) is 0 Å². The van der Waals surface area contributed by atoms with Gasteiger partial charge < -0.3 is 5.73 Å². The lowest BCUT2D eigenvalue weighted by atomic mass is 9.53. The zero-order valence-electron chi connectivity index (χ0n) is 10.8. The molecule has 0 heterocycles. The monoisotopic (exact) mass is 231 g/mol. The van der Waals surface area contributed by atoms with Gasteiger partial charge in [-0.25, -0.2) is 0 Å². The molecule has 2 N–H and O–H groups in total. The Morgan fingerprint density at radius 3 is 2.76 bits per heavy atom. The van der Waals surface area contributed by atoms with E-state index in [1.54, 1.807) is 0 Å². The molecule has 4 aliphatic rings. The molecule has 5 unspecified atom stereocenters. The maximum atomic E-state index is 6.42. The average molecular weight is 231 g/mol. The molecule has 0 radical (unpaired) electrons. The van der Waals surface area contributed by atoms with E-state index in [0.29, 0.717) is 6.04 Å². The second-order valence-corrected chi connectivity index (χ2v) is 6.95. The second kappa shape index (κ2) is 3.85. The lowest BCUT2D eigenvalue weighted by molar-refractivity contribution is 0.0846. The minimum Gasteiger partial charge on any atom is -0.327 e. The predicted molar refractivity (Wildman–Crippen MR) is 70.5 cm³/mol. The van der Waals surface area contributed by atoms with Crippen molar-refractivity contribution >= 4 is 0 Å². The first kappa shape index (κ1) is 10.6. The molecule has 0 aromatic rings. The largest absolute Gasteiger partial charge is 0.327 e. The van der Waals surface area contributed by atoms with Gasteiger partial charge in [0.05, 0.1) is 0 Å². The van der Waals surface area contributed by atoms with Crippen LogP contribution < -0.4 is 5.73 Å². The molecule has 0 aliphatic heterocycles. The molecule has 1 heteroatoms. The summed E-state index contributed by atoms with van der Waals surface area (Å²) in [4.78, 5) is 0. The SMILES string of the molecule is NC1CCC2CCC3=C4C(CCC3)CCC1C42. The highest BCUT2D eigenvalue weighted by atomic mass is 14.7. The molecular formula is C16H25N. The van der Waals surface area contributed by atoms with Crippen molar-refractivity contribution in [3.8, 4) is 0 Å². The average Bonchev–Trinajstić information content (AvgIpc) is 2.38. The number of rotatable bonds is 0. The van der Waals surface area contributed by atoms with Crippen molar-refractivity contribution in [2.75, 3.05) is 0 Å². The molecule has 5 atom stereocenters. The van der Waals surface area contributed by atoms with Gasteiger partial charge in [0.2, 0.25) is 0 Å². The van der Waals surface area contributed by atoms with Gasteiger partial charge in [-0.1, -0.05) is 11.1 Å². The Morgan fingerprint density at radius 2 is 1.82 bits per heavy atom. The Morgan fingerprint density at radius 1 is 0.882 bits per heavy atom. The molecule has 0 amide bonds. The summed E-state index contributed by atoms with van der Waals surface area (Å²) in [5.41, 5.74) is 10.3. The van der Waals surface area contributed by atoms with Crippen molar-refractivity contribution in [1.82, 2.24) is 0 Å². The molecular weight excluding hydrogens is 206 g/mol. The Kier molecular flexibility index (Phi) is 2.40. The summed E-state index contributed by atoms with van der Waals surface area (Å²) in [6.45, 7) is 0. The van der Waals surface area contributed by atoms with Crippen LogP contribution in [0.1, 0.15) is 57.8 Å². The molecule has 0 aromatic heterocycles. The van der Waals surface area contributed by atoms with E-state index in [4.69, 9.17) is 5.73 Å². The maximum Gasteiger partial charge on any atom is 0.00731 e. The number of nitrogens with two attached hydrogens (primary N) is 1. The molecule has 94 valence electrons. The maximum absolute atomic E-state index is 6.42. The van der Waals surface area contributed by atoms with Gasteiger partial charge >= 0.3 is 0 Å². The molecule has 1 nitrogen and oxygen atoms in total. The quantitative estimate of drug-likeness (QED) is 0.633. The smallest absolute Gasteiger partial charge is 0.00731 e. The summed E-state index contributed by atoms with van der Waals surface area (Å²) in [5.74, 6) is 3.78. The lowest BCUT2D eigenvalue weighted by Crippen LogP contribution is -2.49. The van der Waals surface area contributed by atoms with Crippen LogP contribution >= 0.6 is 0 Å². The lowest BCUT2D eigenvalue weighted by Gasteiger charge is -2.53. The Bertz CT molecular complexity index is 357. The third-order valence-electron chi connectivity index (χ3n) is 6.29. The van der Waals surface area contributed by atoms with E-state index >= 15 is 0 Å². The standard InChI is InChI=1S/C16H25N/c17-14-9-7-12-5-4-10-2-1-3-11-6-8-13(14)16(12)15(10)11/h11-14,16H,1-9,17H2. The summed E-state index contributed by atoms with van der Waals surface area (Å²) in [6.07, 6.45) is 12.9. The van der Waals surface area contributed by atoms with Crippen LogP contribution in [-0.2, 0) is 0 Å². The topological polar surface area (TPSA) is 26.0 Å². The summed E-state index contributed by atoms with van der Waals surface area (Å²) in [7, 11) is 0. The van der Waals surface area contributed by atoms with Crippen molar-refractivity contribution in [1.29, 1.82) is 0 Å². The second-order valence-electron chi connectivity index (χ2n) is 6.95. The summed E-state index contributed by atoms with van der Waals surface area (Å²) in [6, 6.07) is 0.519. The minimum atomic E-state index is 0.519. The van der Waals surface area contributed by atoms with E-state index in [1.807, 2.05) is 11.1 Å². The van der Waals surface area contributed by atoms with E-state index in [9.17, 15) is 0 Å². The molecule has 0 bridgehead atoms. The molecule has 4 aliphatic carbocycles. The van der Waals surface area contributed by atoms with Gasteiger partial charge in [-0.3, -0.25) is 0 Å². The van der Waals surface area contributed by atoms with Crippen LogP contribution in [-0.4, -0.2) is 6.04 Å². The van der Waals surface area contributed by atoms with Crippen molar-refractivity contribution in [2.45, 2.75) is 63.8 Å². The zero-order chi connectivity index (χ0) is 11.4. The van der Waals surface area contributed by atoms with Crippen LogP contribution in [0.25, 0.3) is 0 Å². The van der Waals surface area contributed by atoms with Crippen molar-refractivity contribution in [3.63, 3.8) is 0 Å². The van der Waals surface area contributed by atoms with Gasteiger partial charge in [0.25, 0.3) is 0 Å². The fraction of sp³-hybridized carbons (Fsp3) is 0.875. The first-order valence-electron chi connectivity index (χ1n) is 7.82. The Balaban J connectivity index is 1.78. The van der Waals surface area contributed by atoms with Gasteiger partial charge in [-0.05, 0) is 81.5 Å². The molecule has 4 rings (SSSR count). The first-order valence-corrected chi connectivity index (χ1v) is 7.82. The zero-order valence-corrected chi connectivity index (χ0v) is 10.8. The fourth-order valence-electron chi connectivity index (χ4n) is 5.60. The third kappa shape index (κ3) is 1.47. The van der Waals surface area contributed by atoms with Gasteiger partial charge in [0.1, 0.15) is 0 Å². The van der Waals surface area contributed by atoms with E-state index in [1.165, 1.54) is 57.8 Å². The molecule has 2 fully saturated rings. The van der Waals surface area contributed by atoms with Crippen molar-refractivity contribution in [2.24, 2.45) is 29.4 Å². The molecule has 0 saturated heterocycles. The fourth-order valence-corrected chi connectivity index (χ4v) is 5.60. The Hall–Kier alpha value is -0.300. The van der Waals surface area contributed by atoms with Crippen molar-refractivity contribution < 1.29 is 0 Å². The molecule has 17 heavy (non-hydrogen) atoms. The van der Waals surface area contributed by atoms with Crippen molar-refractivity contribution in [3.05, 3.63) is 11.1 Å². The number of hydrogen-bond acceptors (Lipinski definition) is 1. The third-order valence-corrected chi connectivity index (χ3v) is 6.29. The minimum absolute atomic E-state index is 0.519. The highest BCUT2D eigenvalue weighted by Crippen LogP contribution is 2.56. The van der Waals surface area contributed by atoms with Gasteiger partial charge in [0, 0.05) is 6.04 Å². The van der Waals surface area contributed by atoms with Crippen LogP contribution in [0.3, 0.4) is 0 Å². The van der Waals surface area contributed by atoms with E-state index in [-0.39, 0.29) is 0 Å². The van der Waals surface area contributed by atoms with E-state index in [0.717, 1.165) is 23.7 Å². The van der Waals surface area contributed by atoms with Gasteiger partial charge in [-0.15, -0.1) is 0 Å². The summed E-state index contributed by atoms with van der Waals surface area (Å²) in [5, 5.41) is 0.